The summed E-state index contributed by atoms with van der Waals surface area (Å²) in [5, 5.41) is 7.15. The SMILES string of the molecule is O=C(O[C@@H]1C[C@@H]2C[C@H]1CN2)c1cnoc1C1CC1. The molecule has 5 nitrogen and oxygen atoms in total. The number of hydrogen-bond donors (Lipinski definition) is 1. The van der Waals surface area contributed by atoms with Gasteiger partial charge in [-0.1, -0.05) is 5.16 Å². The fourth-order valence-electron chi connectivity index (χ4n) is 3.17. The molecule has 3 aliphatic rings. The van der Waals surface area contributed by atoms with Crippen molar-refractivity contribution in [3.05, 3.63) is 17.5 Å². The van der Waals surface area contributed by atoms with Gasteiger partial charge in [-0.3, -0.25) is 0 Å². The van der Waals surface area contributed by atoms with Crippen LogP contribution in [0.25, 0.3) is 0 Å². The highest BCUT2D eigenvalue weighted by molar-refractivity contribution is 5.90. The first kappa shape index (κ1) is 10.6. The Hall–Kier alpha value is -1.36. The predicted molar refractivity (Wildman–Crippen MR) is 62.2 cm³/mol. The van der Waals surface area contributed by atoms with E-state index in [0.29, 0.717) is 23.4 Å². The molecule has 2 heterocycles. The minimum atomic E-state index is -0.254. The molecule has 1 saturated heterocycles. The summed E-state index contributed by atoms with van der Waals surface area (Å²) in [5.41, 5.74) is 0.535. The lowest BCUT2D eigenvalue weighted by Crippen LogP contribution is -2.35. The van der Waals surface area contributed by atoms with E-state index in [-0.39, 0.29) is 12.1 Å². The second-order valence-electron chi connectivity index (χ2n) is 5.66. The third kappa shape index (κ3) is 1.65. The van der Waals surface area contributed by atoms with Crippen LogP contribution in [0.5, 0.6) is 0 Å². The van der Waals surface area contributed by atoms with Gasteiger partial charge >= 0.3 is 5.97 Å². The van der Waals surface area contributed by atoms with Gasteiger partial charge in [0.2, 0.25) is 0 Å². The van der Waals surface area contributed by atoms with Crippen molar-refractivity contribution >= 4 is 5.97 Å². The minimum Gasteiger partial charge on any atom is -0.458 e. The second kappa shape index (κ2) is 3.82. The molecule has 18 heavy (non-hydrogen) atoms. The summed E-state index contributed by atoms with van der Waals surface area (Å²) in [6.45, 7) is 0.974. The summed E-state index contributed by atoms with van der Waals surface area (Å²) < 4.78 is 10.8. The van der Waals surface area contributed by atoms with Gasteiger partial charge in [-0.2, -0.15) is 0 Å². The molecule has 0 radical (unpaired) electrons. The minimum absolute atomic E-state index is 0.0747. The molecule has 1 aliphatic heterocycles. The smallest absolute Gasteiger partial charge is 0.343 e. The van der Waals surface area contributed by atoms with Crippen LogP contribution in [0.4, 0.5) is 0 Å². The van der Waals surface area contributed by atoms with Crippen molar-refractivity contribution in [3.8, 4) is 0 Å². The maximum atomic E-state index is 12.1. The van der Waals surface area contributed by atoms with E-state index < -0.39 is 0 Å². The summed E-state index contributed by atoms with van der Waals surface area (Å²) in [5.74, 6) is 1.34. The molecule has 1 aromatic heterocycles. The van der Waals surface area contributed by atoms with Crippen molar-refractivity contribution in [2.75, 3.05) is 6.54 Å². The van der Waals surface area contributed by atoms with E-state index in [1.165, 1.54) is 6.20 Å². The van der Waals surface area contributed by atoms with E-state index in [2.05, 4.69) is 10.5 Å². The zero-order chi connectivity index (χ0) is 12.1. The standard InChI is InChI=1S/C13H16N2O3/c16-13(10-6-15-18-12(10)7-1-2-7)17-11-4-9-3-8(11)5-14-9/h6-9,11,14H,1-5H2/t8-,9-,11+/m0/s1. The largest absolute Gasteiger partial charge is 0.458 e. The number of fused-ring (bicyclic) bond motifs is 2. The van der Waals surface area contributed by atoms with Crippen LogP contribution in [-0.4, -0.2) is 29.8 Å². The van der Waals surface area contributed by atoms with E-state index in [4.69, 9.17) is 9.26 Å². The highest BCUT2D eigenvalue weighted by atomic mass is 16.5. The lowest BCUT2D eigenvalue weighted by Gasteiger charge is -2.22. The molecule has 96 valence electrons. The number of hydrogen-bond acceptors (Lipinski definition) is 5. The van der Waals surface area contributed by atoms with Crippen LogP contribution in [0.3, 0.4) is 0 Å². The van der Waals surface area contributed by atoms with E-state index in [9.17, 15) is 4.79 Å². The second-order valence-corrected chi connectivity index (χ2v) is 5.66. The predicted octanol–water partition coefficient (Wildman–Crippen LogP) is 1.46. The maximum absolute atomic E-state index is 12.1. The normalized spacial score (nSPS) is 33.9. The van der Waals surface area contributed by atoms with Crippen LogP contribution in [0, 0.1) is 5.92 Å². The molecule has 4 rings (SSSR count). The monoisotopic (exact) mass is 248 g/mol. The molecular weight excluding hydrogens is 232 g/mol. The topological polar surface area (TPSA) is 64.4 Å². The van der Waals surface area contributed by atoms with Crippen LogP contribution >= 0.6 is 0 Å². The summed E-state index contributed by atoms with van der Waals surface area (Å²) in [6.07, 6.45) is 5.84. The number of nitrogens with zero attached hydrogens (tertiary/aromatic N) is 1. The van der Waals surface area contributed by atoms with Crippen LogP contribution in [0.1, 0.15) is 47.7 Å². The number of aromatic nitrogens is 1. The molecule has 2 saturated carbocycles. The molecule has 1 aromatic rings. The van der Waals surface area contributed by atoms with E-state index >= 15 is 0 Å². The number of nitrogens with one attached hydrogen (secondary N) is 1. The zero-order valence-electron chi connectivity index (χ0n) is 10.1. The molecule has 0 amide bonds. The lowest BCUT2D eigenvalue weighted by atomic mass is 10.1. The summed E-state index contributed by atoms with van der Waals surface area (Å²) in [6, 6.07) is 0.540. The van der Waals surface area contributed by atoms with Crippen LogP contribution in [-0.2, 0) is 4.74 Å². The van der Waals surface area contributed by atoms with Gasteiger partial charge in [-0.05, 0) is 19.3 Å². The Morgan fingerprint density at radius 1 is 1.44 bits per heavy atom. The Labute approximate surface area is 105 Å². The Kier molecular flexibility index (Phi) is 2.24. The maximum Gasteiger partial charge on any atom is 0.343 e. The third-order valence-corrected chi connectivity index (χ3v) is 4.32. The van der Waals surface area contributed by atoms with Gasteiger partial charge in [0, 0.05) is 30.8 Å². The molecule has 3 atom stereocenters. The molecule has 3 fully saturated rings. The molecular formula is C13H16N2O3. The van der Waals surface area contributed by atoms with Crippen LogP contribution in [0.15, 0.2) is 10.7 Å². The highest BCUT2D eigenvalue weighted by Gasteiger charge is 2.42. The van der Waals surface area contributed by atoms with E-state index in [0.717, 1.165) is 38.0 Å². The van der Waals surface area contributed by atoms with Crippen molar-refractivity contribution in [2.45, 2.75) is 43.7 Å². The Bertz CT molecular complexity index is 480. The Balaban J connectivity index is 1.48. The number of rotatable bonds is 3. The first-order valence-corrected chi connectivity index (χ1v) is 6.70. The molecule has 1 N–H and O–H groups in total. The number of carbonyl (C=O) groups excluding carboxylic acids is 1. The van der Waals surface area contributed by atoms with Crippen molar-refractivity contribution in [1.82, 2.24) is 10.5 Å². The molecule has 0 spiro atoms. The number of carbonyl (C=O) groups is 1. The molecule has 0 aromatic carbocycles. The van der Waals surface area contributed by atoms with Gasteiger partial charge in [0.1, 0.15) is 11.7 Å². The number of esters is 1. The molecule has 2 bridgehead atoms. The van der Waals surface area contributed by atoms with Gasteiger partial charge in [0.15, 0.2) is 5.76 Å². The fourth-order valence-corrected chi connectivity index (χ4v) is 3.17. The first-order valence-electron chi connectivity index (χ1n) is 6.70. The first-order chi connectivity index (χ1) is 8.81. The summed E-state index contributed by atoms with van der Waals surface area (Å²) >= 11 is 0. The zero-order valence-corrected chi connectivity index (χ0v) is 10.1. The van der Waals surface area contributed by atoms with Crippen LogP contribution in [0.2, 0.25) is 0 Å². The third-order valence-electron chi connectivity index (χ3n) is 4.32. The Morgan fingerprint density at radius 2 is 2.33 bits per heavy atom. The van der Waals surface area contributed by atoms with E-state index in [1.807, 2.05) is 0 Å². The van der Waals surface area contributed by atoms with Gasteiger partial charge in [-0.25, -0.2) is 4.79 Å². The fraction of sp³-hybridized carbons (Fsp3) is 0.692. The van der Waals surface area contributed by atoms with Crippen molar-refractivity contribution < 1.29 is 14.1 Å². The quantitative estimate of drug-likeness (QED) is 0.820. The number of ether oxygens (including phenoxy) is 1. The molecule has 0 unspecified atom stereocenters. The van der Waals surface area contributed by atoms with Gasteiger partial charge in [0.05, 0.1) is 6.20 Å². The van der Waals surface area contributed by atoms with Crippen molar-refractivity contribution in [3.63, 3.8) is 0 Å². The molecule has 2 aliphatic carbocycles. The van der Waals surface area contributed by atoms with E-state index in [1.54, 1.807) is 0 Å². The summed E-state index contributed by atoms with van der Waals surface area (Å²) in [4.78, 5) is 12.1. The summed E-state index contributed by atoms with van der Waals surface area (Å²) in [7, 11) is 0. The average Bonchev–Trinajstić information content (AvgIpc) is 2.81. The van der Waals surface area contributed by atoms with Gasteiger partial charge in [-0.15, -0.1) is 0 Å². The Morgan fingerprint density at radius 3 is 3.00 bits per heavy atom. The van der Waals surface area contributed by atoms with Gasteiger partial charge < -0.3 is 14.6 Å². The van der Waals surface area contributed by atoms with Crippen molar-refractivity contribution in [2.24, 2.45) is 5.92 Å². The average molecular weight is 248 g/mol. The molecule has 5 heteroatoms. The lowest BCUT2D eigenvalue weighted by molar-refractivity contribution is 0.0177. The number of piperidine rings is 1. The van der Waals surface area contributed by atoms with Crippen LogP contribution < -0.4 is 5.32 Å². The van der Waals surface area contributed by atoms with Crippen molar-refractivity contribution in [1.29, 1.82) is 0 Å². The highest BCUT2D eigenvalue weighted by Crippen LogP contribution is 2.42. The van der Waals surface area contributed by atoms with Gasteiger partial charge in [0.25, 0.3) is 0 Å².